The molecule has 1 saturated carbocycles. The summed E-state index contributed by atoms with van der Waals surface area (Å²) in [4.78, 5) is 12.2. The predicted octanol–water partition coefficient (Wildman–Crippen LogP) is 2.34. The molecular formula is C14H16FN3O2. The van der Waals surface area contributed by atoms with Crippen molar-refractivity contribution < 1.29 is 14.3 Å². The average molecular weight is 277 g/mol. The van der Waals surface area contributed by atoms with Crippen molar-refractivity contribution in [2.75, 3.05) is 5.32 Å². The highest BCUT2D eigenvalue weighted by atomic mass is 19.1. The quantitative estimate of drug-likeness (QED) is 0.788. The summed E-state index contributed by atoms with van der Waals surface area (Å²) in [5.41, 5.74) is -0.700. The fourth-order valence-corrected chi connectivity index (χ4v) is 2.67. The molecule has 1 heterocycles. The first-order valence-electron chi connectivity index (χ1n) is 6.76. The van der Waals surface area contributed by atoms with Crippen molar-refractivity contribution in [2.45, 2.75) is 37.7 Å². The van der Waals surface area contributed by atoms with E-state index in [1.54, 1.807) is 6.07 Å². The number of aromatic nitrogens is 2. The summed E-state index contributed by atoms with van der Waals surface area (Å²) in [5, 5.41) is 20.1. The van der Waals surface area contributed by atoms with Gasteiger partial charge in [0.1, 0.15) is 11.4 Å². The van der Waals surface area contributed by atoms with Gasteiger partial charge in [0, 0.05) is 5.39 Å². The van der Waals surface area contributed by atoms with Crippen molar-refractivity contribution in [2.24, 2.45) is 0 Å². The second-order valence-corrected chi connectivity index (χ2v) is 5.31. The number of benzene rings is 1. The minimum absolute atomic E-state index is 0.253. The van der Waals surface area contributed by atoms with Gasteiger partial charge in [0.15, 0.2) is 5.82 Å². The van der Waals surface area contributed by atoms with E-state index in [2.05, 4.69) is 15.5 Å². The highest BCUT2D eigenvalue weighted by Gasteiger charge is 2.37. The lowest BCUT2D eigenvalue weighted by Crippen LogP contribution is -2.44. The Kier molecular flexibility index (Phi) is 3.17. The van der Waals surface area contributed by atoms with Crippen LogP contribution < -0.4 is 5.32 Å². The second kappa shape index (κ2) is 4.86. The van der Waals surface area contributed by atoms with Crippen molar-refractivity contribution in [3.63, 3.8) is 0 Å². The van der Waals surface area contributed by atoms with Gasteiger partial charge in [-0.3, -0.25) is 9.89 Å². The van der Waals surface area contributed by atoms with Crippen LogP contribution >= 0.6 is 0 Å². The number of rotatable bonds is 2. The van der Waals surface area contributed by atoms with Crippen molar-refractivity contribution in [1.29, 1.82) is 0 Å². The molecule has 1 aliphatic rings. The summed E-state index contributed by atoms with van der Waals surface area (Å²) in [6.07, 6.45) is 3.61. The molecule has 1 aromatic heterocycles. The van der Waals surface area contributed by atoms with Crippen molar-refractivity contribution >= 4 is 22.6 Å². The minimum Gasteiger partial charge on any atom is -0.380 e. The van der Waals surface area contributed by atoms with Gasteiger partial charge in [-0.1, -0.05) is 19.3 Å². The zero-order chi connectivity index (χ0) is 14.2. The lowest BCUT2D eigenvalue weighted by atomic mass is 9.84. The number of aromatic amines is 1. The first kappa shape index (κ1) is 13.1. The maximum absolute atomic E-state index is 13.3. The molecule has 6 heteroatoms. The third-order valence-corrected chi connectivity index (χ3v) is 3.86. The van der Waals surface area contributed by atoms with Crippen LogP contribution in [0.5, 0.6) is 0 Å². The molecular weight excluding hydrogens is 261 g/mol. The van der Waals surface area contributed by atoms with Crippen molar-refractivity contribution in [3.8, 4) is 0 Å². The molecule has 0 atom stereocenters. The van der Waals surface area contributed by atoms with Crippen LogP contribution in [0.2, 0.25) is 0 Å². The van der Waals surface area contributed by atoms with E-state index >= 15 is 0 Å². The van der Waals surface area contributed by atoms with Crippen LogP contribution in [0.1, 0.15) is 32.1 Å². The molecule has 0 radical (unpaired) electrons. The zero-order valence-corrected chi connectivity index (χ0v) is 10.9. The van der Waals surface area contributed by atoms with Crippen LogP contribution in [0.4, 0.5) is 10.2 Å². The van der Waals surface area contributed by atoms with E-state index in [0.29, 0.717) is 23.7 Å². The summed E-state index contributed by atoms with van der Waals surface area (Å²) in [6.45, 7) is 0. The number of carbonyl (C=O) groups excluding carboxylic acids is 1. The zero-order valence-electron chi connectivity index (χ0n) is 10.9. The molecule has 5 nitrogen and oxygen atoms in total. The molecule has 0 aliphatic heterocycles. The van der Waals surface area contributed by atoms with E-state index in [-0.39, 0.29) is 5.82 Å². The summed E-state index contributed by atoms with van der Waals surface area (Å²) >= 11 is 0. The summed E-state index contributed by atoms with van der Waals surface area (Å²) in [5.74, 6) is -0.607. The molecule has 3 rings (SSSR count). The largest absolute Gasteiger partial charge is 0.380 e. The molecule has 1 fully saturated rings. The van der Waals surface area contributed by atoms with Crippen LogP contribution in [0.25, 0.3) is 10.9 Å². The van der Waals surface area contributed by atoms with Gasteiger partial charge in [-0.25, -0.2) is 4.39 Å². The van der Waals surface area contributed by atoms with Gasteiger partial charge >= 0.3 is 0 Å². The highest BCUT2D eigenvalue weighted by Crippen LogP contribution is 2.30. The molecule has 20 heavy (non-hydrogen) atoms. The smallest absolute Gasteiger partial charge is 0.257 e. The third kappa shape index (κ3) is 2.27. The summed E-state index contributed by atoms with van der Waals surface area (Å²) in [6, 6.07) is 4.18. The monoisotopic (exact) mass is 277 g/mol. The Balaban J connectivity index is 1.85. The molecule has 106 valence electrons. The molecule has 2 aromatic rings. The van der Waals surface area contributed by atoms with Gasteiger partial charge in [0.2, 0.25) is 0 Å². The van der Waals surface area contributed by atoms with E-state index in [4.69, 9.17) is 0 Å². The van der Waals surface area contributed by atoms with Crippen LogP contribution in [-0.2, 0) is 4.79 Å². The van der Waals surface area contributed by atoms with E-state index in [0.717, 1.165) is 19.3 Å². The van der Waals surface area contributed by atoms with Gasteiger partial charge in [0.25, 0.3) is 5.91 Å². The SMILES string of the molecule is O=C(Nc1n[nH]c2ccc(F)cc12)C1(O)CCCCC1. The predicted molar refractivity (Wildman–Crippen MR) is 72.7 cm³/mol. The molecule has 0 saturated heterocycles. The number of aliphatic hydroxyl groups is 1. The van der Waals surface area contributed by atoms with Crippen LogP contribution in [-0.4, -0.2) is 26.8 Å². The first-order valence-corrected chi connectivity index (χ1v) is 6.76. The number of amides is 1. The fraction of sp³-hybridized carbons (Fsp3) is 0.429. The Bertz CT molecular complexity index is 647. The number of hydrogen-bond acceptors (Lipinski definition) is 3. The molecule has 3 N–H and O–H groups in total. The average Bonchev–Trinajstić information content (AvgIpc) is 2.82. The second-order valence-electron chi connectivity index (χ2n) is 5.31. The summed E-state index contributed by atoms with van der Waals surface area (Å²) < 4.78 is 13.3. The van der Waals surface area contributed by atoms with E-state index < -0.39 is 17.3 Å². The standard InChI is InChI=1S/C14H16FN3O2/c15-9-4-5-11-10(8-9)12(18-17-11)16-13(19)14(20)6-2-1-3-7-14/h4-5,8,20H,1-3,6-7H2,(H2,16,17,18,19). The van der Waals surface area contributed by atoms with E-state index in [1.807, 2.05) is 0 Å². The Morgan fingerprint density at radius 3 is 2.85 bits per heavy atom. The number of carbonyl (C=O) groups is 1. The Morgan fingerprint density at radius 2 is 2.10 bits per heavy atom. The van der Waals surface area contributed by atoms with Gasteiger partial charge < -0.3 is 10.4 Å². The molecule has 0 unspecified atom stereocenters. The lowest BCUT2D eigenvalue weighted by Gasteiger charge is -2.30. The first-order chi connectivity index (χ1) is 9.58. The number of H-pyrrole nitrogens is 1. The van der Waals surface area contributed by atoms with Crippen LogP contribution in [0.15, 0.2) is 18.2 Å². The van der Waals surface area contributed by atoms with Crippen LogP contribution in [0, 0.1) is 5.82 Å². The molecule has 1 aromatic carbocycles. The molecule has 0 spiro atoms. The number of nitrogens with one attached hydrogen (secondary N) is 2. The summed E-state index contributed by atoms with van der Waals surface area (Å²) in [7, 11) is 0. The highest BCUT2D eigenvalue weighted by molar-refractivity contribution is 6.02. The van der Waals surface area contributed by atoms with E-state index in [1.165, 1.54) is 12.1 Å². The Morgan fingerprint density at radius 1 is 1.35 bits per heavy atom. The minimum atomic E-state index is -1.34. The third-order valence-electron chi connectivity index (χ3n) is 3.86. The van der Waals surface area contributed by atoms with Gasteiger partial charge in [0.05, 0.1) is 5.52 Å². The van der Waals surface area contributed by atoms with Gasteiger partial charge in [-0.2, -0.15) is 5.10 Å². The Hall–Kier alpha value is -1.95. The number of nitrogens with zero attached hydrogens (tertiary/aromatic N) is 1. The molecule has 0 bridgehead atoms. The normalized spacial score (nSPS) is 18.1. The molecule has 1 aliphatic carbocycles. The van der Waals surface area contributed by atoms with E-state index in [9.17, 15) is 14.3 Å². The number of halogens is 1. The molecule has 1 amide bonds. The number of hydrogen-bond donors (Lipinski definition) is 3. The maximum Gasteiger partial charge on any atom is 0.257 e. The van der Waals surface area contributed by atoms with Crippen LogP contribution in [0.3, 0.4) is 0 Å². The number of fused-ring (bicyclic) bond motifs is 1. The van der Waals surface area contributed by atoms with Crippen molar-refractivity contribution in [1.82, 2.24) is 10.2 Å². The Labute approximate surface area is 115 Å². The fourth-order valence-electron chi connectivity index (χ4n) is 2.67. The number of anilines is 1. The van der Waals surface area contributed by atoms with Gasteiger partial charge in [-0.15, -0.1) is 0 Å². The van der Waals surface area contributed by atoms with Crippen molar-refractivity contribution in [3.05, 3.63) is 24.0 Å². The lowest BCUT2D eigenvalue weighted by molar-refractivity contribution is -0.137. The van der Waals surface area contributed by atoms with Gasteiger partial charge in [-0.05, 0) is 31.0 Å². The topological polar surface area (TPSA) is 78.0 Å². The maximum atomic E-state index is 13.3.